The fraction of sp³-hybridized carbons (Fsp3) is 0.346. The number of carboxylic acids is 1. The number of nitrogens with one attached hydrogen (secondary N) is 1. The van der Waals surface area contributed by atoms with E-state index in [-0.39, 0.29) is 35.2 Å². The van der Waals surface area contributed by atoms with Gasteiger partial charge in [0.05, 0.1) is 28.3 Å². The SMILES string of the molecule is Cc1cc(NC(=O)C2(c3ccc(C(F)(F)F)cc3F)CC2)cc(C(=O)O)c1-c1cnn(C(C)(C)C)c1. The summed E-state index contributed by atoms with van der Waals surface area (Å²) in [4.78, 5) is 25.2. The van der Waals surface area contributed by atoms with Gasteiger partial charge in [-0.05, 0) is 70.4 Å². The minimum absolute atomic E-state index is 0.0516. The first-order chi connectivity index (χ1) is 16.6. The monoisotopic (exact) mass is 503 g/mol. The number of amides is 1. The van der Waals surface area contributed by atoms with Crippen molar-refractivity contribution < 1.29 is 32.3 Å². The van der Waals surface area contributed by atoms with E-state index in [9.17, 15) is 32.3 Å². The number of benzene rings is 2. The van der Waals surface area contributed by atoms with Crippen LogP contribution in [0.25, 0.3) is 11.1 Å². The molecule has 1 saturated carbocycles. The number of alkyl halides is 3. The van der Waals surface area contributed by atoms with E-state index < -0.39 is 34.8 Å². The third-order valence-electron chi connectivity index (χ3n) is 6.38. The van der Waals surface area contributed by atoms with E-state index in [2.05, 4.69) is 10.4 Å². The third-order valence-corrected chi connectivity index (χ3v) is 6.38. The van der Waals surface area contributed by atoms with Crippen LogP contribution in [0, 0.1) is 12.7 Å². The molecule has 190 valence electrons. The van der Waals surface area contributed by atoms with E-state index in [4.69, 9.17) is 0 Å². The Morgan fingerprint density at radius 3 is 2.28 bits per heavy atom. The molecular weight excluding hydrogens is 478 g/mol. The molecule has 6 nitrogen and oxygen atoms in total. The number of aryl methyl sites for hydroxylation is 1. The molecule has 0 atom stereocenters. The van der Waals surface area contributed by atoms with Gasteiger partial charge in [0.1, 0.15) is 5.82 Å². The highest BCUT2D eigenvalue weighted by atomic mass is 19.4. The fourth-order valence-corrected chi connectivity index (χ4v) is 4.30. The highest BCUT2D eigenvalue weighted by Crippen LogP contribution is 2.50. The molecule has 0 aliphatic heterocycles. The maximum absolute atomic E-state index is 14.6. The molecule has 0 radical (unpaired) electrons. The van der Waals surface area contributed by atoms with Crippen LogP contribution in [-0.4, -0.2) is 26.8 Å². The second kappa shape index (κ2) is 8.46. The van der Waals surface area contributed by atoms with Crippen molar-refractivity contribution >= 4 is 17.6 Å². The summed E-state index contributed by atoms with van der Waals surface area (Å²) in [6.45, 7) is 7.58. The average molecular weight is 503 g/mol. The topological polar surface area (TPSA) is 84.2 Å². The van der Waals surface area contributed by atoms with Crippen LogP contribution in [0.1, 0.15) is 60.7 Å². The van der Waals surface area contributed by atoms with Gasteiger partial charge >= 0.3 is 12.1 Å². The molecule has 1 amide bonds. The number of rotatable bonds is 5. The van der Waals surface area contributed by atoms with Crippen LogP contribution in [0.4, 0.5) is 23.2 Å². The van der Waals surface area contributed by atoms with E-state index >= 15 is 0 Å². The molecule has 1 aromatic heterocycles. The van der Waals surface area contributed by atoms with Gasteiger partial charge in [-0.15, -0.1) is 0 Å². The van der Waals surface area contributed by atoms with Crippen molar-refractivity contribution in [2.45, 2.75) is 57.7 Å². The summed E-state index contributed by atoms with van der Waals surface area (Å²) in [5.74, 6) is -2.92. The van der Waals surface area contributed by atoms with Crippen molar-refractivity contribution in [1.82, 2.24) is 9.78 Å². The summed E-state index contributed by atoms with van der Waals surface area (Å²) in [7, 11) is 0. The van der Waals surface area contributed by atoms with Crippen molar-refractivity contribution in [3.8, 4) is 11.1 Å². The van der Waals surface area contributed by atoms with Gasteiger partial charge < -0.3 is 10.4 Å². The zero-order valence-corrected chi connectivity index (χ0v) is 20.1. The van der Waals surface area contributed by atoms with Gasteiger partial charge in [-0.3, -0.25) is 9.48 Å². The Hall–Kier alpha value is -3.69. The Kier molecular flexibility index (Phi) is 5.97. The van der Waals surface area contributed by atoms with Crippen LogP contribution in [-0.2, 0) is 21.9 Å². The number of carboxylic acid groups (broad SMARTS) is 1. The first-order valence-electron chi connectivity index (χ1n) is 11.3. The van der Waals surface area contributed by atoms with Crippen LogP contribution in [0.15, 0.2) is 42.7 Å². The third kappa shape index (κ3) is 4.59. The number of hydrogen-bond acceptors (Lipinski definition) is 3. The summed E-state index contributed by atoms with van der Waals surface area (Å²) in [5, 5.41) is 16.8. The van der Waals surface area contributed by atoms with E-state index in [1.165, 1.54) is 6.07 Å². The number of halogens is 4. The highest BCUT2D eigenvalue weighted by molar-refractivity contribution is 6.04. The Bertz CT molecular complexity index is 1370. The lowest BCUT2D eigenvalue weighted by atomic mass is 9.92. The number of carbonyl (C=O) groups excluding carboxylic acids is 1. The maximum Gasteiger partial charge on any atom is 0.416 e. The van der Waals surface area contributed by atoms with E-state index in [1.54, 1.807) is 30.1 Å². The molecule has 1 aliphatic carbocycles. The second-order valence-corrected chi connectivity index (χ2v) is 10.1. The number of nitrogens with zero attached hydrogens (tertiary/aromatic N) is 2. The molecule has 1 heterocycles. The van der Waals surface area contributed by atoms with E-state index in [1.807, 2.05) is 20.8 Å². The van der Waals surface area contributed by atoms with Gasteiger partial charge in [0.2, 0.25) is 5.91 Å². The molecular formula is C26H25F4N3O3. The number of aromatic nitrogens is 2. The molecule has 3 aromatic rings. The molecule has 0 unspecified atom stereocenters. The van der Waals surface area contributed by atoms with Gasteiger partial charge in [0, 0.05) is 28.6 Å². The molecule has 10 heteroatoms. The summed E-state index contributed by atoms with van der Waals surface area (Å²) in [6, 6.07) is 5.06. The van der Waals surface area contributed by atoms with Crippen LogP contribution >= 0.6 is 0 Å². The predicted octanol–water partition coefficient (Wildman–Crippen LogP) is 6.14. The lowest BCUT2D eigenvalue weighted by Gasteiger charge is -2.19. The van der Waals surface area contributed by atoms with E-state index in [0.717, 1.165) is 12.1 Å². The van der Waals surface area contributed by atoms with Crippen LogP contribution in [0.5, 0.6) is 0 Å². The first-order valence-corrected chi connectivity index (χ1v) is 11.3. The van der Waals surface area contributed by atoms with Crippen LogP contribution in [0.3, 0.4) is 0 Å². The zero-order valence-electron chi connectivity index (χ0n) is 20.1. The summed E-state index contributed by atoms with van der Waals surface area (Å²) in [6.07, 6.45) is -0.857. The van der Waals surface area contributed by atoms with Gasteiger partial charge in [-0.2, -0.15) is 18.3 Å². The zero-order chi connectivity index (χ0) is 26.6. The van der Waals surface area contributed by atoms with E-state index in [0.29, 0.717) is 22.8 Å². The number of aromatic carboxylic acids is 1. The second-order valence-electron chi connectivity index (χ2n) is 10.1. The first kappa shape index (κ1) is 25.4. The van der Waals surface area contributed by atoms with Crippen molar-refractivity contribution in [3.63, 3.8) is 0 Å². The standard InChI is InChI=1S/C26H25F4N3O3/c1-14-9-17(11-18(22(34)35)21(14)15-12-31-33(13-15)24(2,3)4)32-23(36)25(7-8-25)19-6-5-16(10-20(19)27)26(28,29)30/h5-6,9-13H,7-8H2,1-4H3,(H,32,36)(H,34,35). The van der Waals surface area contributed by atoms with Gasteiger partial charge in [0.25, 0.3) is 0 Å². The molecule has 4 rings (SSSR count). The Morgan fingerprint density at radius 1 is 1.11 bits per heavy atom. The number of hydrogen-bond donors (Lipinski definition) is 2. The quantitative estimate of drug-likeness (QED) is 0.410. The van der Waals surface area contributed by atoms with Crippen molar-refractivity contribution in [3.05, 3.63) is 70.8 Å². The fourth-order valence-electron chi connectivity index (χ4n) is 4.30. The van der Waals surface area contributed by atoms with Crippen LogP contribution in [0.2, 0.25) is 0 Å². The normalized spacial score (nSPS) is 15.0. The molecule has 1 fully saturated rings. The summed E-state index contributed by atoms with van der Waals surface area (Å²) in [5.41, 5.74) is -1.10. The molecule has 2 aromatic carbocycles. The van der Waals surface area contributed by atoms with Crippen LogP contribution < -0.4 is 5.32 Å². The lowest BCUT2D eigenvalue weighted by Crippen LogP contribution is -2.29. The van der Waals surface area contributed by atoms with Gasteiger partial charge in [-0.1, -0.05) is 6.07 Å². The highest BCUT2D eigenvalue weighted by Gasteiger charge is 2.53. The lowest BCUT2D eigenvalue weighted by molar-refractivity contribution is -0.137. The van der Waals surface area contributed by atoms with Gasteiger partial charge in [-0.25, -0.2) is 9.18 Å². The van der Waals surface area contributed by atoms with Crippen molar-refractivity contribution in [2.24, 2.45) is 0 Å². The minimum Gasteiger partial charge on any atom is -0.478 e. The predicted molar refractivity (Wildman–Crippen MR) is 125 cm³/mol. The van der Waals surface area contributed by atoms with Gasteiger partial charge in [0.15, 0.2) is 0 Å². The summed E-state index contributed by atoms with van der Waals surface area (Å²) < 4.78 is 55.1. The van der Waals surface area contributed by atoms with Crippen molar-refractivity contribution in [2.75, 3.05) is 5.32 Å². The molecule has 2 N–H and O–H groups in total. The van der Waals surface area contributed by atoms with Crippen molar-refractivity contribution in [1.29, 1.82) is 0 Å². The average Bonchev–Trinajstić information content (AvgIpc) is 3.40. The molecule has 36 heavy (non-hydrogen) atoms. The largest absolute Gasteiger partial charge is 0.478 e. The Morgan fingerprint density at radius 2 is 1.78 bits per heavy atom. The maximum atomic E-state index is 14.6. The molecule has 0 spiro atoms. The molecule has 0 saturated heterocycles. The minimum atomic E-state index is -4.70. The number of carbonyl (C=O) groups is 2. The molecule has 1 aliphatic rings. The Balaban J connectivity index is 1.66. The summed E-state index contributed by atoms with van der Waals surface area (Å²) >= 11 is 0. The molecule has 0 bridgehead atoms. The number of anilines is 1. The smallest absolute Gasteiger partial charge is 0.416 e. The Labute approximate surface area is 204 Å².